The second-order valence-corrected chi connectivity index (χ2v) is 9.70. The van der Waals surface area contributed by atoms with Crippen LogP contribution in [0.2, 0.25) is 0 Å². The SMILES string of the molecule is CC1=C(C(=O)Nc2cccnc2)C(c2ccccc2)n2nc(-c3ccc(C(C)(C)C)cc3)nc2N1. The molecule has 0 bridgehead atoms. The topological polar surface area (TPSA) is 84.7 Å². The number of rotatable bonds is 4. The molecule has 2 aromatic heterocycles. The molecule has 1 atom stereocenters. The lowest BCUT2D eigenvalue weighted by molar-refractivity contribution is -0.113. The fourth-order valence-corrected chi connectivity index (χ4v) is 4.27. The van der Waals surface area contributed by atoms with Gasteiger partial charge in [0.2, 0.25) is 5.95 Å². The molecular formula is C28H28N6O. The van der Waals surface area contributed by atoms with Crippen LogP contribution in [-0.4, -0.2) is 25.7 Å². The first kappa shape index (κ1) is 22.5. The van der Waals surface area contributed by atoms with E-state index in [1.54, 1.807) is 23.1 Å². The predicted octanol–water partition coefficient (Wildman–Crippen LogP) is 5.57. The summed E-state index contributed by atoms with van der Waals surface area (Å²) in [4.78, 5) is 22.4. The Kier molecular flexibility index (Phi) is 5.68. The molecule has 1 amide bonds. The number of carbonyl (C=O) groups excluding carboxylic acids is 1. The zero-order valence-electron chi connectivity index (χ0n) is 20.3. The molecule has 0 aliphatic carbocycles. The molecule has 2 N–H and O–H groups in total. The molecule has 4 aromatic rings. The number of nitrogens with zero attached hydrogens (tertiary/aromatic N) is 4. The summed E-state index contributed by atoms with van der Waals surface area (Å²) in [5.74, 6) is 0.994. The molecule has 176 valence electrons. The van der Waals surface area contributed by atoms with E-state index in [2.05, 4.69) is 60.7 Å². The van der Waals surface area contributed by atoms with Gasteiger partial charge in [0.05, 0.1) is 17.5 Å². The van der Waals surface area contributed by atoms with Crippen LogP contribution in [0.3, 0.4) is 0 Å². The number of benzene rings is 2. The minimum atomic E-state index is -0.431. The molecule has 1 aliphatic rings. The Labute approximate surface area is 204 Å². The van der Waals surface area contributed by atoms with E-state index in [9.17, 15) is 4.79 Å². The van der Waals surface area contributed by atoms with Gasteiger partial charge in [-0.1, -0.05) is 75.4 Å². The van der Waals surface area contributed by atoms with Crippen LogP contribution in [0.1, 0.15) is 44.9 Å². The highest BCUT2D eigenvalue weighted by atomic mass is 16.1. The first-order valence-electron chi connectivity index (χ1n) is 11.6. The van der Waals surface area contributed by atoms with E-state index in [0.717, 1.165) is 16.8 Å². The fraction of sp³-hybridized carbons (Fsp3) is 0.214. The average molecular weight is 465 g/mol. The molecule has 0 radical (unpaired) electrons. The molecule has 7 nitrogen and oxygen atoms in total. The Hall–Kier alpha value is -4.26. The van der Waals surface area contributed by atoms with Gasteiger partial charge in [0.25, 0.3) is 5.91 Å². The summed E-state index contributed by atoms with van der Waals surface area (Å²) in [7, 11) is 0. The number of carbonyl (C=O) groups is 1. The molecule has 35 heavy (non-hydrogen) atoms. The van der Waals surface area contributed by atoms with Gasteiger partial charge in [0.1, 0.15) is 6.04 Å². The summed E-state index contributed by atoms with van der Waals surface area (Å²) in [6.45, 7) is 8.47. The third-order valence-electron chi connectivity index (χ3n) is 6.14. The number of hydrogen-bond donors (Lipinski definition) is 2. The molecule has 0 saturated carbocycles. The molecule has 7 heteroatoms. The van der Waals surface area contributed by atoms with Crippen molar-refractivity contribution in [3.8, 4) is 11.4 Å². The molecule has 5 rings (SSSR count). The largest absolute Gasteiger partial charge is 0.328 e. The third kappa shape index (κ3) is 4.45. The van der Waals surface area contributed by atoms with Crippen molar-refractivity contribution in [3.05, 3.63) is 102 Å². The number of fused-ring (bicyclic) bond motifs is 1. The Morgan fingerprint density at radius 1 is 1.00 bits per heavy atom. The second-order valence-electron chi connectivity index (χ2n) is 9.70. The van der Waals surface area contributed by atoms with E-state index >= 15 is 0 Å². The summed E-state index contributed by atoms with van der Waals surface area (Å²) in [6.07, 6.45) is 3.30. The van der Waals surface area contributed by atoms with Crippen LogP contribution >= 0.6 is 0 Å². The van der Waals surface area contributed by atoms with E-state index in [1.807, 2.05) is 43.3 Å². The number of anilines is 2. The molecular weight excluding hydrogens is 436 g/mol. The molecule has 1 aliphatic heterocycles. The van der Waals surface area contributed by atoms with E-state index in [0.29, 0.717) is 23.0 Å². The normalized spacial score (nSPS) is 15.4. The monoisotopic (exact) mass is 464 g/mol. The summed E-state index contributed by atoms with van der Waals surface area (Å²) < 4.78 is 1.80. The molecule has 1 unspecified atom stereocenters. The number of nitrogens with one attached hydrogen (secondary N) is 2. The van der Waals surface area contributed by atoms with Gasteiger partial charge in [-0.25, -0.2) is 4.68 Å². The Balaban J connectivity index is 1.55. The van der Waals surface area contributed by atoms with Crippen LogP contribution < -0.4 is 10.6 Å². The number of pyridine rings is 1. The zero-order chi connectivity index (χ0) is 24.6. The van der Waals surface area contributed by atoms with Crippen LogP contribution in [0.4, 0.5) is 11.6 Å². The maximum atomic E-state index is 13.5. The first-order chi connectivity index (χ1) is 16.8. The lowest BCUT2D eigenvalue weighted by atomic mass is 9.87. The van der Waals surface area contributed by atoms with Gasteiger partial charge in [-0.2, -0.15) is 4.98 Å². The number of amides is 1. The van der Waals surface area contributed by atoms with Gasteiger partial charge < -0.3 is 10.6 Å². The minimum Gasteiger partial charge on any atom is -0.328 e. The van der Waals surface area contributed by atoms with Gasteiger partial charge in [0, 0.05) is 17.5 Å². The zero-order valence-corrected chi connectivity index (χ0v) is 20.3. The van der Waals surface area contributed by atoms with Crippen LogP contribution in [0, 0.1) is 0 Å². The van der Waals surface area contributed by atoms with Crippen LogP contribution in [0.5, 0.6) is 0 Å². The van der Waals surface area contributed by atoms with Crippen molar-refractivity contribution in [3.63, 3.8) is 0 Å². The smallest absolute Gasteiger partial charge is 0.255 e. The molecule has 2 aromatic carbocycles. The summed E-state index contributed by atoms with van der Waals surface area (Å²) in [6, 6.07) is 21.4. The van der Waals surface area contributed by atoms with E-state index < -0.39 is 6.04 Å². The highest BCUT2D eigenvalue weighted by molar-refractivity contribution is 6.05. The van der Waals surface area contributed by atoms with Crippen molar-refractivity contribution >= 4 is 17.5 Å². The van der Waals surface area contributed by atoms with Gasteiger partial charge in [-0.15, -0.1) is 5.10 Å². The van der Waals surface area contributed by atoms with Gasteiger partial charge in [-0.05, 0) is 35.6 Å². The maximum Gasteiger partial charge on any atom is 0.255 e. The van der Waals surface area contributed by atoms with Crippen LogP contribution in [0.15, 0.2) is 90.4 Å². The van der Waals surface area contributed by atoms with E-state index in [4.69, 9.17) is 10.1 Å². The Morgan fingerprint density at radius 3 is 2.40 bits per heavy atom. The van der Waals surface area contributed by atoms with Gasteiger partial charge in [0.15, 0.2) is 5.82 Å². The summed E-state index contributed by atoms with van der Waals surface area (Å²) in [5, 5.41) is 11.1. The van der Waals surface area contributed by atoms with E-state index in [1.165, 1.54) is 5.56 Å². The maximum absolute atomic E-state index is 13.5. The van der Waals surface area contributed by atoms with Crippen molar-refractivity contribution in [1.82, 2.24) is 19.7 Å². The van der Waals surface area contributed by atoms with Crippen molar-refractivity contribution in [2.75, 3.05) is 10.6 Å². The summed E-state index contributed by atoms with van der Waals surface area (Å²) in [5.41, 5.74) is 5.13. The number of hydrogen-bond acceptors (Lipinski definition) is 5. The standard InChI is InChI=1S/C28H28N6O/c1-18-23(26(35)31-22-11-8-16-29-17-22)24(19-9-6-5-7-10-19)34-27(30-18)32-25(33-34)20-12-14-21(15-13-20)28(2,3)4/h5-17,24H,1-4H3,(H,31,35)(H,30,32,33). The van der Waals surface area contributed by atoms with Crippen molar-refractivity contribution in [2.45, 2.75) is 39.2 Å². The molecule has 0 saturated heterocycles. The Bertz CT molecular complexity index is 1380. The average Bonchev–Trinajstić information content (AvgIpc) is 3.27. The lowest BCUT2D eigenvalue weighted by Gasteiger charge is -2.28. The van der Waals surface area contributed by atoms with Gasteiger partial charge >= 0.3 is 0 Å². The van der Waals surface area contributed by atoms with E-state index in [-0.39, 0.29) is 11.3 Å². The van der Waals surface area contributed by atoms with Crippen LogP contribution in [-0.2, 0) is 10.2 Å². The first-order valence-corrected chi connectivity index (χ1v) is 11.6. The summed E-state index contributed by atoms with van der Waals surface area (Å²) >= 11 is 0. The highest BCUT2D eigenvalue weighted by Crippen LogP contribution is 2.37. The minimum absolute atomic E-state index is 0.0664. The Morgan fingerprint density at radius 2 is 1.74 bits per heavy atom. The third-order valence-corrected chi connectivity index (χ3v) is 6.14. The lowest BCUT2D eigenvalue weighted by Crippen LogP contribution is -2.31. The highest BCUT2D eigenvalue weighted by Gasteiger charge is 2.34. The fourth-order valence-electron chi connectivity index (χ4n) is 4.27. The number of aromatic nitrogens is 4. The molecule has 3 heterocycles. The second kappa shape index (κ2) is 8.83. The van der Waals surface area contributed by atoms with Gasteiger partial charge in [-0.3, -0.25) is 9.78 Å². The van der Waals surface area contributed by atoms with Crippen molar-refractivity contribution in [1.29, 1.82) is 0 Å². The predicted molar refractivity (Wildman–Crippen MR) is 138 cm³/mol. The van der Waals surface area contributed by atoms with Crippen LogP contribution in [0.25, 0.3) is 11.4 Å². The quantitative estimate of drug-likeness (QED) is 0.413. The van der Waals surface area contributed by atoms with Crippen molar-refractivity contribution in [2.24, 2.45) is 0 Å². The molecule has 0 fully saturated rings. The van der Waals surface area contributed by atoms with Crippen molar-refractivity contribution < 1.29 is 4.79 Å². The molecule has 0 spiro atoms. The number of allylic oxidation sites excluding steroid dienone is 1.